The summed E-state index contributed by atoms with van der Waals surface area (Å²) in [6, 6.07) is 4.98. The van der Waals surface area contributed by atoms with Gasteiger partial charge < -0.3 is 14.0 Å². The zero-order chi connectivity index (χ0) is 18.0. The Balaban J connectivity index is 2.02. The van der Waals surface area contributed by atoms with E-state index in [4.69, 9.17) is 9.47 Å². The standard InChI is InChI=1S/C21H32N2O2/c1-22(2)12-11-21-10-9-16(24-5)13-18(21)23(3,4)20-17(25-6)8-7-15(14-22)19(20)21/h7-10,16,18H,11-14H2,1-6H3/q+2/t16-,18-,21?/m0/s1. The van der Waals surface area contributed by atoms with Gasteiger partial charge in [0.25, 0.3) is 0 Å². The van der Waals surface area contributed by atoms with Crippen LogP contribution in [0.3, 0.4) is 0 Å². The number of methoxy groups -OCH3 is 2. The maximum Gasteiger partial charge on any atom is 0.180 e. The van der Waals surface area contributed by atoms with Crippen molar-refractivity contribution >= 4 is 5.69 Å². The first-order valence-electron chi connectivity index (χ1n) is 9.34. The molecule has 4 nitrogen and oxygen atoms in total. The van der Waals surface area contributed by atoms with E-state index in [9.17, 15) is 0 Å². The largest absolute Gasteiger partial charge is 0.491 e. The number of hydrogen-bond acceptors (Lipinski definition) is 2. The van der Waals surface area contributed by atoms with E-state index in [1.807, 2.05) is 7.11 Å². The van der Waals surface area contributed by atoms with Gasteiger partial charge in [0.2, 0.25) is 0 Å². The van der Waals surface area contributed by atoms with Gasteiger partial charge >= 0.3 is 0 Å². The van der Waals surface area contributed by atoms with Crippen molar-refractivity contribution in [1.29, 1.82) is 0 Å². The Hall–Kier alpha value is -1.36. The topological polar surface area (TPSA) is 18.5 Å². The molecule has 1 aromatic rings. The highest BCUT2D eigenvalue weighted by atomic mass is 16.5. The second-order valence-corrected chi connectivity index (χ2v) is 9.18. The van der Waals surface area contributed by atoms with Gasteiger partial charge in [-0.3, -0.25) is 4.48 Å². The summed E-state index contributed by atoms with van der Waals surface area (Å²) in [5, 5.41) is 0. The summed E-state index contributed by atoms with van der Waals surface area (Å²) in [7, 11) is 13.0. The Labute approximate surface area is 151 Å². The number of benzene rings is 1. The van der Waals surface area contributed by atoms with Crippen molar-refractivity contribution in [2.24, 2.45) is 0 Å². The summed E-state index contributed by atoms with van der Waals surface area (Å²) in [6.45, 7) is 2.28. The molecule has 0 aromatic heterocycles. The summed E-state index contributed by atoms with van der Waals surface area (Å²) >= 11 is 0. The molecular weight excluding hydrogens is 312 g/mol. The average Bonchev–Trinajstić information content (AvgIpc) is 2.71. The van der Waals surface area contributed by atoms with Crippen molar-refractivity contribution in [3.63, 3.8) is 0 Å². The molecule has 1 aromatic carbocycles. The highest BCUT2D eigenvalue weighted by molar-refractivity contribution is 5.73. The molecule has 136 valence electrons. The first-order chi connectivity index (χ1) is 11.7. The highest BCUT2D eigenvalue weighted by Crippen LogP contribution is 2.59. The van der Waals surface area contributed by atoms with Gasteiger partial charge in [-0.1, -0.05) is 12.2 Å². The number of nitrogens with zero attached hydrogens (tertiary/aromatic N) is 2. The molecule has 0 amide bonds. The highest BCUT2D eigenvalue weighted by Gasteiger charge is 2.62. The Kier molecular flexibility index (Phi) is 3.63. The van der Waals surface area contributed by atoms with Gasteiger partial charge in [-0.25, -0.2) is 0 Å². The van der Waals surface area contributed by atoms with E-state index in [0.717, 1.165) is 27.7 Å². The molecule has 1 aliphatic carbocycles. The van der Waals surface area contributed by atoms with Crippen molar-refractivity contribution in [3.05, 3.63) is 35.4 Å². The van der Waals surface area contributed by atoms with Crippen molar-refractivity contribution < 1.29 is 14.0 Å². The quantitative estimate of drug-likeness (QED) is 0.607. The monoisotopic (exact) mass is 344 g/mol. The fourth-order valence-corrected chi connectivity index (χ4v) is 5.72. The third-order valence-corrected chi connectivity index (χ3v) is 6.96. The van der Waals surface area contributed by atoms with Gasteiger partial charge in [0.15, 0.2) is 11.4 Å². The summed E-state index contributed by atoms with van der Waals surface area (Å²) in [5.41, 5.74) is 4.51. The van der Waals surface area contributed by atoms with Crippen molar-refractivity contribution in [1.82, 2.24) is 4.48 Å². The van der Waals surface area contributed by atoms with E-state index in [-0.39, 0.29) is 11.5 Å². The predicted octanol–water partition coefficient (Wildman–Crippen LogP) is 2.84. The van der Waals surface area contributed by atoms with Gasteiger partial charge in [-0.05, 0) is 12.1 Å². The third kappa shape index (κ3) is 2.24. The molecule has 0 N–H and O–H groups in total. The molecule has 25 heavy (non-hydrogen) atoms. The molecule has 4 heteroatoms. The molecule has 3 aliphatic rings. The number of hydrogen-bond donors (Lipinski definition) is 0. The van der Waals surface area contributed by atoms with Gasteiger partial charge in [-0.15, -0.1) is 0 Å². The number of quaternary nitrogens is 2. The number of ether oxygens (including phenoxy) is 2. The van der Waals surface area contributed by atoms with Crippen LogP contribution in [0.4, 0.5) is 5.69 Å². The second-order valence-electron chi connectivity index (χ2n) is 9.18. The normalized spacial score (nSPS) is 34.2. The van der Waals surface area contributed by atoms with Gasteiger partial charge in [0, 0.05) is 31.1 Å². The van der Waals surface area contributed by atoms with E-state index in [2.05, 4.69) is 52.5 Å². The van der Waals surface area contributed by atoms with Crippen LogP contribution in [0, 0.1) is 0 Å². The molecule has 1 unspecified atom stereocenters. The van der Waals surface area contributed by atoms with Crippen molar-refractivity contribution in [2.75, 3.05) is 49.0 Å². The minimum absolute atomic E-state index is 0.101. The lowest BCUT2D eigenvalue weighted by Crippen LogP contribution is -2.57. The van der Waals surface area contributed by atoms with Crippen LogP contribution in [-0.2, 0) is 16.7 Å². The zero-order valence-corrected chi connectivity index (χ0v) is 16.5. The second kappa shape index (κ2) is 5.32. The lowest BCUT2D eigenvalue weighted by molar-refractivity contribution is -0.903. The van der Waals surface area contributed by atoms with E-state index in [1.54, 1.807) is 7.11 Å². The Morgan fingerprint density at radius 3 is 2.56 bits per heavy atom. The van der Waals surface area contributed by atoms with Crippen LogP contribution < -0.4 is 9.22 Å². The lowest BCUT2D eigenvalue weighted by atomic mass is 9.68. The summed E-state index contributed by atoms with van der Waals surface area (Å²) < 4.78 is 13.5. The average molecular weight is 344 g/mol. The van der Waals surface area contributed by atoms with Gasteiger partial charge in [0.05, 0.1) is 53.4 Å². The van der Waals surface area contributed by atoms with E-state index >= 15 is 0 Å². The van der Waals surface area contributed by atoms with Gasteiger partial charge in [0.1, 0.15) is 12.6 Å². The van der Waals surface area contributed by atoms with Crippen LogP contribution in [0.1, 0.15) is 24.0 Å². The summed E-state index contributed by atoms with van der Waals surface area (Å²) in [5.74, 6) is 1.03. The molecule has 3 atom stereocenters. The molecule has 4 rings (SSSR count). The van der Waals surface area contributed by atoms with E-state index < -0.39 is 0 Å². The maximum atomic E-state index is 5.84. The van der Waals surface area contributed by atoms with Crippen LogP contribution >= 0.6 is 0 Å². The minimum atomic E-state index is 0.101. The molecule has 0 bridgehead atoms. The Morgan fingerprint density at radius 1 is 1.12 bits per heavy atom. The molecular formula is C21H32N2O2+2. The minimum Gasteiger partial charge on any atom is -0.491 e. The molecule has 0 saturated heterocycles. The molecule has 2 heterocycles. The smallest absolute Gasteiger partial charge is 0.180 e. The lowest BCUT2D eigenvalue weighted by Gasteiger charge is -2.43. The molecule has 1 spiro atoms. The summed E-state index contributed by atoms with van der Waals surface area (Å²) in [4.78, 5) is 0. The Bertz CT molecular complexity index is 738. The first kappa shape index (κ1) is 17.1. The van der Waals surface area contributed by atoms with E-state index in [0.29, 0.717) is 6.04 Å². The van der Waals surface area contributed by atoms with Crippen LogP contribution in [0.5, 0.6) is 5.75 Å². The van der Waals surface area contributed by atoms with Crippen LogP contribution in [-0.4, -0.2) is 65.6 Å². The van der Waals surface area contributed by atoms with Crippen LogP contribution in [0.15, 0.2) is 24.3 Å². The van der Waals surface area contributed by atoms with Crippen molar-refractivity contribution in [3.8, 4) is 5.75 Å². The predicted molar refractivity (Wildman–Crippen MR) is 102 cm³/mol. The fourth-order valence-electron chi connectivity index (χ4n) is 5.72. The Morgan fingerprint density at radius 2 is 1.88 bits per heavy atom. The molecule has 0 radical (unpaired) electrons. The molecule has 0 fully saturated rings. The molecule has 2 aliphatic heterocycles. The number of rotatable bonds is 2. The molecule has 0 saturated carbocycles. The van der Waals surface area contributed by atoms with Crippen molar-refractivity contribution in [2.45, 2.75) is 36.9 Å². The third-order valence-electron chi connectivity index (χ3n) is 6.96. The first-order valence-corrected chi connectivity index (χ1v) is 9.34. The summed E-state index contributed by atoms with van der Waals surface area (Å²) in [6.07, 6.45) is 7.25. The zero-order valence-electron chi connectivity index (χ0n) is 16.5. The SMILES string of the molecule is COc1ccc2c3c1[N+](C)(C)[C@H]1C[C@@H](OC)C=CC31CC[N+](C)(C)C2. The van der Waals surface area contributed by atoms with Crippen LogP contribution in [0.25, 0.3) is 0 Å². The van der Waals surface area contributed by atoms with Crippen LogP contribution in [0.2, 0.25) is 0 Å². The van der Waals surface area contributed by atoms with E-state index in [1.165, 1.54) is 29.8 Å². The fraction of sp³-hybridized carbons (Fsp3) is 0.619. The number of likely N-dealkylation sites (N-methyl/N-ethyl adjacent to an activating group) is 1. The van der Waals surface area contributed by atoms with Gasteiger partial charge in [-0.2, -0.15) is 0 Å². The maximum absolute atomic E-state index is 5.84.